The number of aliphatic carboxylic acids is 1. The predicted molar refractivity (Wildman–Crippen MR) is 76.9 cm³/mol. The molecule has 0 fully saturated rings. The number of nitrogens with zero attached hydrogens (tertiary/aromatic N) is 2. The normalized spacial score (nSPS) is 18.6. The average Bonchev–Trinajstić information content (AvgIpc) is 2.96. The number of hydrogen-bond acceptors (Lipinski definition) is 4. The van der Waals surface area contributed by atoms with Gasteiger partial charge in [0.1, 0.15) is 0 Å². The van der Waals surface area contributed by atoms with Crippen molar-refractivity contribution < 1.29 is 19.5 Å². The van der Waals surface area contributed by atoms with Crippen molar-refractivity contribution in [2.75, 3.05) is 13.6 Å². The van der Waals surface area contributed by atoms with Crippen LogP contribution in [0.2, 0.25) is 0 Å². The molecule has 1 heterocycles. The van der Waals surface area contributed by atoms with Gasteiger partial charge in [-0.2, -0.15) is 0 Å². The lowest BCUT2D eigenvalue weighted by Crippen LogP contribution is -2.40. The van der Waals surface area contributed by atoms with Crippen molar-refractivity contribution in [3.05, 3.63) is 35.9 Å². The van der Waals surface area contributed by atoms with Crippen molar-refractivity contribution in [2.45, 2.75) is 19.4 Å². The zero-order valence-corrected chi connectivity index (χ0v) is 12.0. The molecule has 2 atom stereocenters. The van der Waals surface area contributed by atoms with Crippen LogP contribution < -0.4 is 0 Å². The van der Waals surface area contributed by atoms with E-state index in [-0.39, 0.29) is 12.5 Å². The minimum Gasteiger partial charge on any atom is -0.481 e. The SMILES string of the molecule is CC(CN(C)C(=O)C1CC(c2ccccc2)=NO1)C(=O)O. The zero-order valence-electron chi connectivity index (χ0n) is 12.0. The van der Waals surface area contributed by atoms with Crippen molar-refractivity contribution in [1.82, 2.24) is 4.90 Å². The lowest BCUT2D eigenvalue weighted by molar-refractivity contribution is -0.145. The molecule has 21 heavy (non-hydrogen) atoms. The molecule has 1 aliphatic rings. The van der Waals surface area contributed by atoms with Gasteiger partial charge < -0.3 is 14.8 Å². The monoisotopic (exact) mass is 290 g/mol. The minimum absolute atomic E-state index is 0.148. The van der Waals surface area contributed by atoms with Crippen LogP contribution in [0.4, 0.5) is 0 Å². The number of oxime groups is 1. The molecule has 1 aromatic carbocycles. The van der Waals surface area contributed by atoms with E-state index in [0.29, 0.717) is 6.42 Å². The Bertz CT molecular complexity index is 556. The van der Waals surface area contributed by atoms with E-state index in [1.807, 2.05) is 30.3 Å². The van der Waals surface area contributed by atoms with Gasteiger partial charge in [0.05, 0.1) is 11.6 Å². The molecule has 0 spiro atoms. The predicted octanol–water partition coefficient (Wildman–Crippen LogP) is 1.36. The van der Waals surface area contributed by atoms with E-state index in [2.05, 4.69) is 5.16 Å². The minimum atomic E-state index is -0.928. The van der Waals surface area contributed by atoms with Gasteiger partial charge in [0.15, 0.2) is 0 Å². The number of carboxylic acids is 1. The third kappa shape index (κ3) is 3.59. The van der Waals surface area contributed by atoms with E-state index in [9.17, 15) is 9.59 Å². The third-order valence-corrected chi connectivity index (χ3v) is 3.40. The molecule has 0 aliphatic carbocycles. The summed E-state index contributed by atoms with van der Waals surface area (Å²) in [5, 5.41) is 12.8. The first-order chi connectivity index (χ1) is 9.99. The van der Waals surface area contributed by atoms with Crippen molar-refractivity contribution in [2.24, 2.45) is 11.1 Å². The zero-order chi connectivity index (χ0) is 15.4. The summed E-state index contributed by atoms with van der Waals surface area (Å²) < 4.78 is 0. The highest BCUT2D eigenvalue weighted by atomic mass is 16.6. The maximum atomic E-state index is 12.2. The Labute approximate surface area is 123 Å². The first kappa shape index (κ1) is 15.0. The van der Waals surface area contributed by atoms with Crippen molar-refractivity contribution in [1.29, 1.82) is 0 Å². The van der Waals surface area contributed by atoms with E-state index in [1.165, 1.54) is 4.90 Å². The van der Waals surface area contributed by atoms with Gasteiger partial charge in [-0.3, -0.25) is 9.59 Å². The van der Waals surface area contributed by atoms with Crippen LogP contribution in [0.5, 0.6) is 0 Å². The number of hydrogen-bond donors (Lipinski definition) is 1. The fraction of sp³-hybridized carbons (Fsp3) is 0.400. The first-order valence-electron chi connectivity index (χ1n) is 6.75. The molecule has 0 bridgehead atoms. The molecule has 0 radical (unpaired) electrons. The van der Waals surface area contributed by atoms with Gasteiger partial charge in [0.2, 0.25) is 6.10 Å². The standard InChI is InChI=1S/C15H18N2O4/c1-10(15(19)20)9-17(2)14(18)13-8-12(16-21-13)11-6-4-3-5-7-11/h3-7,10,13H,8-9H2,1-2H3,(H,19,20). The maximum Gasteiger partial charge on any atom is 0.308 e. The summed E-state index contributed by atoms with van der Waals surface area (Å²) in [5.74, 6) is -1.80. The summed E-state index contributed by atoms with van der Waals surface area (Å²) in [7, 11) is 1.58. The second-order valence-corrected chi connectivity index (χ2v) is 5.16. The highest BCUT2D eigenvalue weighted by molar-refractivity contribution is 6.04. The lowest BCUT2D eigenvalue weighted by atomic mass is 10.0. The molecule has 2 rings (SSSR count). The quantitative estimate of drug-likeness (QED) is 0.888. The van der Waals surface area contributed by atoms with Crippen LogP contribution >= 0.6 is 0 Å². The Morgan fingerprint density at radius 3 is 2.71 bits per heavy atom. The van der Waals surface area contributed by atoms with Crippen LogP contribution in [0.25, 0.3) is 0 Å². The van der Waals surface area contributed by atoms with Gasteiger partial charge in [-0.25, -0.2) is 0 Å². The summed E-state index contributed by atoms with van der Waals surface area (Å²) >= 11 is 0. The van der Waals surface area contributed by atoms with Gasteiger partial charge >= 0.3 is 5.97 Å². The van der Waals surface area contributed by atoms with Gasteiger partial charge in [-0.1, -0.05) is 42.4 Å². The van der Waals surface area contributed by atoms with Crippen molar-refractivity contribution in [3.8, 4) is 0 Å². The highest BCUT2D eigenvalue weighted by Crippen LogP contribution is 2.18. The van der Waals surface area contributed by atoms with Crippen LogP contribution in [0.1, 0.15) is 18.9 Å². The molecule has 1 amide bonds. The molecule has 6 heteroatoms. The number of likely N-dealkylation sites (N-methyl/N-ethyl adjacent to an activating group) is 1. The van der Waals surface area contributed by atoms with Crippen molar-refractivity contribution in [3.63, 3.8) is 0 Å². The first-order valence-corrected chi connectivity index (χ1v) is 6.75. The van der Waals surface area contributed by atoms with E-state index in [0.717, 1.165) is 11.3 Å². The van der Waals surface area contributed by atoms with Gasteiger partial charge in [-0.15, -0.1) is 0 Å². The van der Waals surface area contributed by atoms with Crippen LogP contribution in [0.3, 0.4) is 0 Å². The number of benzene rings is 1. The summed E-state index contributed by atoms with van der Waals surface area (Å²) in [6.45, 7) is 1.71. The molecule has 1 aromatic rings. The molecule has 112 valence electrons. The third-order valence-electron chi connectivity index (χ3n) is 3.40. The smallest absolute Gasteiger partial charge is 0.308 e. The Morgan fingerprint density at radius 2 is 2.10 bits per heavy atom. The largest absolute Gasteiger partial charge is 0.481 e. The number of rotatable bonds is 5. The fourth-order valence-corrected chi connectivity index (χ4v) is 2.14. The van der Waals surface area contributed by atoms with Crippen LogP contribution in [0, 0.1) is 5.92 Å². The van der Waals surface area contributed by atoms with E-state index >= 15 is 0 Å². The Hall–Kier alpha value is -2.37. The van der Waals surface area contributed by atoms with E-state index in [1.54, 1.807) is 14.0 Å². The molecule has 0 saturated heterocycles. The Balaban J connectivity index is 1.93. The van der Waals surface area contributed by atoms with Gasteiger partial charge in [0, 0.05) is 20.0 Å². The molecular formula is C15H18N2O4. The second-order valence-electron chi connectivity index (χ2n) is 5.16. The van der Waals surface area contributed by atoms with Crippen LogP contribution in [-0.4, -0.2) is 47.3 Å². The average molecular weight is 290 g/mol. The van der Waals surface area contributed by atoms with Crippen LogP contribution in [-0.2, 0) is 14.4 Å². The molecule has 0 aromatic heterocycles. The Morgan fingerprint density at radius 1 is 1.43 bits per heavy atom. The highest BCUT2D eigenvalue weighted by Gasteiger charge is 2.32. The summed E-state index contributed by atoms with van der Waals surface area (Å²) in [4.78, 5) is 29.6. The molecule has 1 N–H and O–H groups in total. The van der Waals surface area contributed by atoms with Crippen LogP contribution in [0.15, 0.2) is 35.5 Å². The van der Waals surface area contributed by atoms with E-state index < -0.39 is 18.0 Å². The number of carboxylic acid groups (broad SMARTS) is 1. The summed E-state index contributed by atoms with van der Waals surface area (Å²) in [6, 6.07) is 9.52. The molecule has 1 aliphatic heterocycles. The van der Waals surface area contributed by atoms with Gasteiger partial charge in [0.25, 0.3) is 5.91 Å². The number of carbonyl (C=O) groups is 2. The molecule has 2 unspecified atom stereocenters. The Kier molecular flexibility index (Phi) is 4.57. The molecular weight excluding hydrogens is 272 g/mol. The summed E-state index contributed by atoms with van der Waals surface area (Å²) in [5.41, 5.74) is 1.66. The number of carbonyl (C=O) groups excluding carboxylic acids is 1. The number of amides is 1. The topological polar surface area (TPSA) is 79.2 Å². The lowest BCUT2D eigenvalue weighted by Gasteiger charge is -2.21. The fourth-order valence-electron chi connectivity index (χ4n) is 2.14. The van der Waals surface area contributed by atoms with Crippen molar-refractivity contribution >= 4 is 17.6 Å². The second kappa shape index (κ2) is 6.39. The molecule has 6 nitrogen and oxygen atoms in total. The van der Waals surface area contributed by atoms with Gasteiger partial charge in [-0.05, 0) is 5.56 Å². The summed E-state index contributed by atoms with van der Waals surface area (Å²) in [6.07, 6.45) is -0.277. The maximum absolute atomic E-state index is 12.2. The van der Waals surface area contributed by atoms with E-state index in [4.69, 9.17) is 9.94 Å². The molecule has 0 saturated carbocycles.